The molecule has 1 nitrogen and oxygen atoms in total. The van der Waals surface area contributed by atoms with Gasteiger partial charge in [-0.3, -0.25) is 0 Å². The van der Waals surface area contributed by atoms with Crippen LogP contribution in [0.1, 0.15) is 79.7 Å². The summed E-state index contributed by atoms with van der Waals surface area (Å²) in [7, 11) is 0. The quantitative estimate of drug-likeness (QED) is 0.295. The molecule has 1 heterocycles. The van der Waals surface area contributed by atoms with Crippen molar-refractivity contribution in [1.82, 2.24) is 0 Å². The van der Waals surface area contributed by atoms with Gasteiger partial charge in [0.25, 0.3) is 0 Å². The summed E-state index contributed by atoms with van der Waals surface area (Å²) in [6, 6.07) is 16.7. The topological polar surface area (TPSA) is 12.5 Å². The standard InChI is InChI=1S/C31H33F3O/c1-2-3-20-6-11-23(12-7-20)26-16-14-24(30(33)31(26)34)13-8-21-4-9-22(10-5-21)25-15-17-27(28(32)18-25)29-19-35-29/h4-5,9-10,14-18,20,23,29H,2-3,6-8,11-13,19H2,1H3. The maximum absolute atomic E-state index is 15.0. The molecule has 3 aromatic carbocycles. The first kappa shape index (κ1) is 24.1. The van der Waals surface area contributed by atoms with Crippen molar-refractivity contribution in [3.8, 4) is 11.1 Å². The monoisotopic (exact) mass is 478 g/mol. The summed E-state index contributed by atoms with van der Waals surface area (Å²) in [6.45, 7) is 2.79. The number of halogens is 3. The SMILES string of the molecule is CCCC1CCC(c2ccc(CCc3ccc(-c4ccc(C5CO5)c(F)c4)cc3)c(F)c2F)CC1. The molecule has 4 heteroatoms. The normalized spacial score (nSPS) is 21.8. The maximum atomic E-state index is 15.0. The number of ether oxygens (including phenoxy) is 1. The van der Waals surface area contributed by atoms with Crippen molar-refractivity contribution in [3.05, 3.63) is 94.3 Å². The van der Waals surface area contributed by atoms with Gasteiger partial charge in [0.2, 0.25) is 0 Å². The van der Waals surface area contributed by atoms with Crippen molar-refractivity contribution in [2.45, 2.75) is 70.3 Å². The molecule has 0 aromatic heterocycles. The molecule has 1 saturated heterocycles. The molecule has 5 rings (SSSR count). The zero-order valence-corrected chi connectivity index (χ0v) is 20.3. The predicted molar refractivity (Wildman–Crippen MR) is 134 cm³/mol. The molecule has 1 saturated carbocycles. The summed E-state index contributed by atoms with van der Waals surface area (Å²) in [6.07, 6.45) is 7.51. The largest absolute Gasteiger partial charge is 0.368 e. The van der Waals surface area contributed by atoms with Gasteiger partial charge in [0.05, 0.1) is 6.61 Å². The van der Waals surface area contributed by atoms with Crippen molar-refractivity contribution in [3.63, 3.8) is 0 Å². The van der Waals surface area contributed by atoms with Gasteiger partial charge in [-0.15, -0.1) is 0 Å². The van der Waals surface area contributed by atoms with E-state index in [4.69, 9.17) is 4.74 Å². The van der Waals surface area contributed by atoms with Crippen molar-refractivity contribution < 1.29 is 17.9 Å². The average molecular weight is 479 g/mol. The van der Waals surface area contributed by atoms with E-state index in [2.05, 4.69) is 6.92 Å². The molecule has 2 aliphatic rings. The molecule has 0 amide bonds. The minimum Gasteiger partial charge on any atom is -0.368 e. The number of benzene rings is 3. The van der Waals surface area contributed by atoms with Gasteiger partial charge in [0.1, 0.15) is 11.9 Å². The first-order valence-electron chi connectivity index (χ1n) is 13.0. The minimum absolute atomic E-state index is 0.105. The third-order valence-corrected chi connectivity index (χ3v) is 7.83. The number of rotatable bonds is 8. The summed E-state index contributed by atoms with van der Waals surface area (Å²) < 4.78 is 49.4. The summed E-state index contributed by atoms with van der Waals surface area (Å²) in [5.74, 6) is -0.714. The summed E-state index contributed by atoms with van der Waals surface area (Å²) in [5.41, 5.74) is 4.36. The maximum Gasteiger partial charge on any atom is 0.162 e. The minimum atomic E-state index is -0.690. The fourth-order valence-electron chi connectivity index (χ4n) is 5.62. The van der Waals surface area contributed by atoms with Crippen molar-refractivity contribution in [2.75, 3.05) is 6.61 Å². The lowest BCUT2D eigenvalue weighted by Crippen LogP contribution is -2.15. The van der Waals surface area contributed by atoms with Crippen LogP contribution in [0, 0.1) is 23.4 Å². The van der Waals surface area contributed by atoms with Gasteiger partial charge in [0, 0.05) is 5.56 Å². The summed E-state index contributed by atoms with van der Waals surface area (Å²) >= 11 is 0. The van der Waals surface area contributed by atoms with Crippen LogP contribution in [0.3, 0.4) is 0 Å². The van der Waals surface area contributed by atoms with E-state index in [9.17, 15) is 13.2 Å². The van der Waals surface area contributed by atoms with Gasteiger partial charge in [-0.1, -0.05) is 68.3 Å². The summed E-state index contributed by atoms with van der Waals surface area (Å²) in [5, 5.41) is 0. The van der Waals surface area contributed by atoms with E-state index in [1.165, 1.54) is 12.8 Å². The Morgan fingerprint density at radius 3 is 2.11 bits per heavy atom. The Balaban J connectivity index is 1.21. The van der Waals surface area contributed by atoms with E-state index < -0.39 is 11.6 Å². The number of hydrogen-bond acceptors (Lipinski definition) is 1. The fourth-order valence-corrected chi connectivity index (χ4v) is 5.62. The Hall–Kier alpha value is -2.59. The second-order valence-electron chi connectivity index (χ2n) is 10.2. The van der Waals surface area contributed by atoms with Gasteiger partial charge >= 0.3 is 0 Å². The van der Waals surface area contributed by atoms with Gasteiger partial charge in [-0.05, 0) is 84.2 Å². The van der Waals surface area contributed by atoms with Crippen LogP contribution >= 0.6 is 0 Å². The first-order chi connectivity index (χ1) is 17.0. The lowest BCUT2D eigenvalue weighted by atomic mass is 9.77. The molecule has 0 N–H and O–H groups in total. The number of aryl methyl sites for hydroxylation is 2. The zero-order valence-electron chi connectivity index (χ0n) is 20.3. The Kier molecular flexibility index (Phi) is 7.29. The van der Waals surface area contributed by atoms with E-state index in [1.807, 2.05) is 36.4 Å². The molecule has 184 valence electrons. The van der Waals surface area contributed by atoms with Crippen molar-refractivity contribution >= 4 is 0 Å². The lowest BCUT2D eigenvalue weighted by molar-refractivity contribution is 0.302. The molecule has 0 spiro atoms. The molecule has 1 atom stereocenters. The average Bonchev–Trinajstić information content (AvgIpc) is 3.71. The van der Waals surface area contributed by atoms with Crippen LogP contribution in [0.15, 0.2) is 54.6 Å². The lowest BCUT2D eigenvalue weighted by Gasteiger charge is -2.29. The van der Waals surface area contributed by atoms with Crippen LogP contribution in [-0.2, 0) is 17.6 Å². The predicted octanol–water partition coefficient (Wildman–Crippen LogP) is 8.70. The third kappa shape index (κ3) is 5.48. The first-order valence-corrected chi connectivity index (χ1v) is 13.0. The zero-order chi connectivity index (χ0) is 24.4. The molecular formula is C31H33F3O. The molecule has 0 radical (unpaired) electrons. The molecule has 0 bridgehead atoms. The van der Waals surface area contributed by atoms with Crippen LogP contribution < -0.4 is 0 Å². The summed E-state index contributed by atoms with van der Waals surface area (Å²) in [4.78, 5) is 0. The van der Waals surface area contributed by atoms with E-state index in [-0.39, 0.29) is 17.8 Å². The molecule has 1 unspecified atom stereocenters. The van der Waals surface area contributed by atoms with Crippen LogP contribution in [0.2, 0.25) is 0 Å². The highest BCUT2D eigenvalue weighted by Crippen LogP contribution is 2.39. The number of epoxide rings is 1. The smallest absolute Gasteiger partial charge is 0.162 e. The van der Waals surface area contributed by atoms with Crippen LogP contribution in [0.25, 0.3) is 11.1 Å². The second kappa shape index (κ2) is 10.6. The Morgan fingerprint density at radius 2 is 1.46 bits per heavy atom. The molecule has 1 aliphatic heterocycles. The number of hydrogen-bond donors (Lipinski definition) is 0. The van der Waals surface area contributed by atoms with Gasteiger partial charge < -0.3 is 4.74 Å². The third-order valence-electron chi connectivity index (χ3n) is 7.83. The van der Waals surface area contributed by atoms with Crippen molar-refractivity contribution in [1.29, 1.82) is 0 Å². The second-order valence-corrected chi connectivity index (χ2v) is 10.2. The van der Waals surface area contributed by atoms with E-state index >= 15 is 0 Å². The Labute approximate surface area is 206 Å². The fraction of sp³-hybridized carbons (Fsp3) is 0.419. The highest BCUT2D eigenvalue weighted by molar-refractivity contribution is 5.64. The van der Waals surface area contributed by atoms with Gasteiger partial charge in [-0.2, -0.15) is 0 Å². The van der Waals surface area contributed by atoms with E-state index in [0.29, 0.717) is 36.1 Å². The van der Waals surface area contributed by atoms with Gasteiger partial charge in [-0.25, -0.2) is 13.2 Å². The van der Waals surface area contributed by atoms with Crippen LogP contribution in [0.5, 0.6) is 0 Å². The van der Waals surface area contributed by atoms with Crippen LogP contribution in [0.4, 0.5) is 13.2 Å². The highest BCUT2D eigenvalue weighted by atomic mass is 19.2. The highest BCUT2D eigenvalue weighted by Gasteiger charge is 2.28. The Bertz CT molecular complexity index is 1160. The van der Waals surface area contributed by atoms with Crippen LogP contribution in [-0.4, -0.2) is 6.61 Å². The molecule has 1 aliphatic carbocycles. The van der Waals surface area contributed by atoms with Crippen molar-refractivity contribution in [2.24, 2.45) is 5.92 Å². The molecule has 2 fully saturated rings. The van der Waals surface area contributed by atoms with E-state index in [1.54, 1.807) is 18.2 Å². The van der Waals surface area contributed by atoms with E-state index in [0.717, 1.165) is 48.3 Å². The molecular weight excluding hydrogens is 445 g/mol. The molecule has 35 heavy (non-hydrogen) atoms. The van der Waals surface area contributed by atoms with Gasteiger partial charge in [0.15, 0.2) is 11.6 Å². The molecule has 3 aromatic rings. The Morgan fingerprint density at radius 1 is 0.771 bits per heavy atom.